The maximum atomic E-state index is 5.46. The van der Waals surface area contributed by atoms with Gasteiger partial charge in [0.05, 0.1) is 13.2 Å². The molecular weight excluding hydrogens is 268 g/mol. The summed E-state index contributed by atoms with van der Waals surface area (Å²) in [4.78, 5) is 6.75. The topological polar surface area (TPSA) is 15.7 Å². The predicted octanol–water partition coefficient (Wildman–Crippen LogP) is 2.68. The summed E-state index contributed by atoms with van der Waals surface area (Å²) in [6.45, 7) is 10.2. The van der Waals surface area contributed by atoms with Crippen LogP contribution >= 0.6 is 11.3 Å². The van der Waals surface area contributed by atoms with Crippen molar-refractivity contribution in [2.24, 2.45) is 5.92 Å². The van der Waals surface area contributed by atoms with Gasteiger partial charge in [0.1, 0.15) is 0 Å². The van der Waals surface area contributed by atoms with Crippen molar-refractivity contribution >= 4 is 11.3 Å². The molecule has 0 bridgehead atoms. The minimum Gasteiger partial charge on any atom is -0.379 e. The number of hydrogen-bond acceptors (Lipinski definition) is 4. The third-order valence-corrected chi connectivity index (χ3v) is 5.76. The molecule has 0 N–H and O–H groups in total. The minimum absolute atomic E-state index is 0.725. The van der Waals surface area contributed by atoms with Gasteiger partial charge in [0.2, 0.25) is 0 Å². The molecule has 1 atom stereocenters. The number of likely N-dealkylation sites (tertiary alicyclic amines) is 1. The Morgan fingerprint density at radius 2 is 2.00 bits per heavy atom. The highest BCUT2D eigenvalue weighted by molar-refractivity contribution is 7.09. The summed E-state index contributed by atoms with van der Waals surface area (Å²) >= 11 is 1.88. The molecule has 0 spiro atoms. The number of nitrogens with zero attached hydrogens (tertiary/aromatic N) is 2. The van der Waals surface area contributed by atoms with E-state index in [1.807, 2.05) is 11.3 Å². The van der Waals surface area contributed by atoms with Gasteiger partial charge in [-0.05, 0) is 50.2 Å². The first-order valence-electron chi connectivity index (χ1n) is 7.89. The van der Waals surface area contributed by atoms with Crippen LogP contribution in [0.1, 0.15) is 24.6 Å². The molecule has 3 nitrogen and oxygen atoms in total. The van der Waals surface area contributed by atoms with E-state index in [0.717, 1.165) is 44.8 Å². The largest absolute Gasteiger partial charge is 0.379 e. The Morgan fingerprint density at radius 1 is 1.25 bits per heavy atom. The van der Waals surface area contributed by atoms with Gasteiger partial charge < -0.3 is 4.74 Å². The molecule has 2 aliphatic rings. The van der Waals surface area contributed by atoms with E-state index in [1.165, 1.54) is 30.8 Å². The van der Waals surface area contributed by atoms with Crippen LogP contribution in [-0.4, -0.2) is 55.2 Å². The lowest BCUT2D eigenvalue weighted by atomic mass is 9.89. The van der Waals surface area contributed by atoms with Crippen LogP contribution in [0.15, 0.2) is 17.5 Å². The maximum Gasteiger partial charge on any atom is 0.0594 e. The zero-order valence-corrected chi connectivity index (χ0v) is 13.3. The monoisotopic (exact) mass is 294 g/mol. The van der Waals surface area contributed by atoms with Crippen molar-refractivity contribution in [2.75, 3.05) is 39.4 Å². The summed E-state index contributed by atoms with van der Waals surface area (Å²) in [5, 5.41) is 2.18. The van der Waals surface area contributed by atoms with Gasteiger partial charge in [-0.15, -0.1) is 11.3 Å². The van der Waals surface area contributed by atoms with Crippen LogP contribution in [0.3, 0.4) is 0 Å². The summed E-state index contributed by atoms with van der Waals surface area (Å²) in [5.41, 5.74) is 0. The van der Waals surface area contributed by atoms with Crippen LogP contribution in [0.25, 0.3) is 0 Å². The van der Waals surface area contributed by atoms with Crippen molar-refractivity contribution in [3.63, 3.8) is 0 Å². The SMILES string of the molecule is C[C@H](C1CCN(Cc2cccs2)CC1)N1CCOCC1. The summed E-state index contributed by atoms with van der Waals surface area (Å²) in [5.74, 6) is 0.868. The predicted molar refractivity (Wildman–Crippen MR) is 84.2 cm³/mol. The summed E-state index contributed by atoms with van der Waals surface area (Å²) in [7, 11) is 0. The molecule has 2 fully saturated rings. The normalized spacial score (nSPS) is 24.9. The first kappa shape index (κ1) is 14.5. The van der Waals surface area contributed by atoms with E-state index >= 15 is 0 Å². The first-order chi connectivity index (χ1) is 9.83. The van der Waals surface area contributed by atoms with Gasteiger partial charge in [0.15, 0.2) is 0 Å². The zero-order chi connectivity index (χ0) is 13.8. The lowest BCUT2D eigenvalue weighted by Crippen LogP contribution is -2.48. The molecule has 1 aromatic heterocycles. The van der Waals surface area contributed by atoms with E-state index in [2.05, 4.69) is 34.2 Å². The van der Waals surface area contributed by atoms with Crippen molar-refractivity contribution in [3.05, 3.63) is 22.4 Å². The number of piperidine rings is 1. The van der Waals surface area contributed by atoms with Crippen molar-refractivity contribution < 1.29 is 4.74 Å². The van der Waals surface area contributed by atoms with Crippen LogP contribution in [-0.2, 0) is 11.3 Å². The number of ether oxygens (including phenoxy) is 1. The average Bonchev–Trinajstić information content (AvgIpc) is 3.01. The molecule has 3 heterocycles. The summed E-state index contributed by atoms with van der Waals surface area (Å²) < 4.78 is 5.46. The molecule has 112 valence electrons. The third-order valence-electron chi connectivity index (χ3n) is 4.90. The fourth-order valence-corrected chi connectivity index (χ4v) is 4.25. The van der Waals surface area contributed by atoms with Crippen LogP contribution in [0.4, 0.5) is 0 Å². The number of morpholine rings is 1. The van der Waals surface area contributed by atoms with Crippen LogP contribution in [0.2, 0.25) is 0 Å². The Morgan fingerprint density at radius 3 is 2.65 bits per heavy atom. The average molecular weight is 294 g/mol. The molecule has 0 radical (unpaired) electrons. The van der Waals surface area contributed by atoms with E-state index in [1.54, 1.807) is 0 Å². The highest BCUT2D eigenvalue weighted by Gasteiger charge is 2.28. The highest BCUT2D eigenvalue weighted by Crippen LogP contribution is 2.26. The smallest absolute Gasteiger partial charge is 0.0594 e. The quantitative estimate of drug-likeness (QED) is 0.849. The Labute approximate surface area is 126 Å². The van der Waals surface area contributed by atoms with E-state index in [9.17, 15) is 0 Å². The molecule has 4 heteroatoms. The molecule has 20 heavy (non-hydrogen) atoms. The van der Waals surface area contributed by atoms with E-state index < -0.39 is 0 Å². The van der Waals surface area contributed by atoms with Crippen molar-refractivity contribution in [2.45, 2.75) is 32.4 Å². The lowest BCUT2D eigenvalue weighted by Gasteiger charge is -2.41. The molecule has 0 unspecified atom stereocenters. The Kier molecular flexibility index (Phi) is 5.10. The Bertz CT molecular complexity index is 381. The second kappa shape index (κ2) is 7.03. The van der Waals surface area contributed by atoms with Gasteiger partial charge in [-0.1, -0.05) is 6.07 Å². The van der Waals surface area contributed by atoms with Gasteiger partial charge in [0, 0.05) is 30.6 Å². The Hall–Kier alpha value is -0.420. The third kappa shape index (κ3) is 3.61. The van der Waals surface area contributed by atoms with Gasteiger partial charge in [-0.2, -0.15) is 0 Å². The first-order valence-corrected chi connectivity index (χ1v) is 8.77. The van der Waals surface area contributed by atoms with Gasteiger partial charge in [-0.25, -0.2) is 0 Å². The van der Waals surface area contributed by atoms with Crippen molar-refractivity contribution in [1.82, 2.24) is 9.80 Å². The standard InChI is InChI=1S/C16H26N2OS/c1-14(18-8-10-19-11-9-18)15-4-6-17(7-5-15)13-16-3-2-12-20-16/h2-3,12,14-15H,4-11,13H2,1H3/t14-/m1/s1. The highest BCUT2D eigenvalue weighted by atomic mass is 32.1. The molecule has 2 saturated heterocycles. The lowest BCUT2D eigenvalue weighted by molar-refractivity contribution is -0.00187. The van der Waals surface area contributed by atoms with E-state index in [-0.39, 0.29) is 0 Å². The zero-order valence-electron chi connectivity index (χ0n) is 12.5. The molecule has 0 amide bonds. The molecule has 1 aromatic rings. The van der Waals surface area contributed by atoms with Crippen molar-refractivity contribution in [1.29, 1.82) is 0 Å². The number of thiophene rings is 1. The summed E-state index contributed by atoms with van der Waals surface area (Å²) in [6, 6.07) is 5.14. The fourth-order valence-electron chi connectivity index (χ4n) is 3.50. The fraction of sp³-hybridized carbons (Fsp3) is 0.750. The molecule has 0 saturated carbocycles. The molecule has 2 aliphatic heterocycles. The Balaban J connectivity index is 1.45. The van der Waals surface area contributed by atoms with Gasteiger partial charge >= 0.3 is 0 Å². The van der Waals surface area contributed by atoms with Gasteiger partial charge in [-0.3, -0.25) is 9.80 Å². The van der Waals surface area contributed by atoms with Gasteiger partial charge in [0.25, 0.3) is 0 Å². The number of rotatable bonds is 4. The van der Waals surface area contributed by atoms with E-state index in [4.69, 9.17) is 4.74 Å². The van der Waals surface area contributed by atoms with Crippen LogP contribution < -0.4 is 0 Å². The van der Waals surface area contributed by atoms with Crippen molar-refractivity contribution in [3.8, 4) is 0 Å². The molecule has 3 rings (SSSR count). The summed E-state index contributed by atoms with van der Waals surface area (Å²) in [6.07, 6.45) is 2.70. The molecule has 0 aliphatic carbocycles. The maximum absolute atomic E-state index is 5.46. The van der Waals surface area contributed by atoms with Crippen LogP contribution in [0, 0.1) is 5.92 Å². The number of hydrogen-bond donors (Lipinski definition) is 0. The minimum atomic E-state index is 0.725. The van der Waals surface area contributed by atoms with Crippen LogP contribution in [0.5, 0.6) is 0 Å². The van der Waals surface area contributed by atoms with E-state index in [0.29, 0.717) is 0 Å². The second-order valence-corrected chi connectivity index (χ2v) is 7.11. The molecular formula is C16H26N2OS. The molecule has 0 aromatic carbocycles. The second-order valence-electron chi connectivity index (χ2n) is 6.08.